The van der Waals surface area contributed by atoms with Gasteiger partial charge in [0.15, 0.2) is 0 Å². The standard InChI is InChI=1S/C22H23ClFN5OS/c1-3-14(2)26-27-22-25-19-18(31-22)9-8-17(23)20(19)28-10-12-29(13-11-28)21(30)15-4-6-16(24)7-5-15/h4-9H,3,10-13H2,1-2H3,(H,25,27)/b26-14+. The van der Waals surface area contributed by atoms with Crippen LogP contribution in [0.1, 0.15) is 30.6 Å². The quantitative estimate of drug-likeness (QED) is 0.418. The summed E-state index contributed by atoms with van der Waals surface area (Å²) in [6.07, 6.45) is 0.871. The summed E-state index contributed by atoms with van der Waals surface area (Å²) >= 11 is 8.10. The van der Waals surface area contributed by atoms with Crippen molar-refractivity contribution in [2.45, 2.75) is 20.3 Å². The van der Waals surface area contributed by atoms with E-state index in [9.17, 15) is 9.18 Å². The summed E-state index contributed by atoms with van der Waals surface area (Å²) in [7, 11) is 0. The third-order valence-electron chi connectivity index (χ3n) is 5.31. The Kier molecular flexibility index (Phi) is 6.38. The molecule has 0 radical (unpaired) electrons. The maximum atomic E-state index is 13.1. The van der Waals surface area contributed by atoms with E-state index in [1.165, 1.54) is 35.6 Å². The van der Waals surface area contributed by atoms with E-state index in [-0.39, 0.29) is 11.7 Å². The molecule has 1 amide bonds. The van der Waals surface area contributed by atoms with Crippen LogP contribution in [0.15, 0.2) is 41.5 Å². The van der Waals surface area contributed by atoms with Crippen LogP contribution in [-0.2, 0) is 0 Å². The highest BCUT2D eigenvalue weighted by Crippen LogP contribution is 2.38. The number of carbonyl (C=O) groups excluding carboxylic acids is 1. The van der Waals surface area contributed by atoms with Crippen LogP contribution < -0.4 is 10.3 Å². The van der Waals surface area contributed by atoms with E-state index in [1.54, 1.807) is 4.90 Å². The van der Waals surface area contributed by atoms with Crippen LogP contribution in [0.2, 0.25) is 5.02 Å². The highest BCUT2D eigenvalue weighted by atomic mass is 35.5. The molecule has 0 unspecified atom stereocenters. The Morgan fingerprint density at radius 1 is 1.19 bits per heavy atom. The van der Waals surface area contributed by atoms with Gasteiger partial charge in [-0.15, -0.1) is 0 Å². The van der Waals surface area contributed by atoms with Gasteiger partial charge in [-0.1, -0.05) is 29.9 Å². The van der Waals surface area contributed by atoms with E-state index in [0.717, 1.165) is 33.2 Å². The first kappa shape index (κ1) is 21.5. The maximum Gasteiger partial charge on any atom is 0.253 e. The smallest absolute Gasteiger partial charge is 0.253 e. The van der Waals surface area contributed by atoms with Crippen LogP contribution in [0.5, 0.6) is 0 Å². The van der Waals surface area contributed by atoms with Crippen molar-refractivity contribution in [3.05, 3.63) is 52.8 Å². The minimum absolute atomic E-state index is 0.0896. The SMILES string of the molecule is CC/C(C)=N/Nc1nc2c(N3CCN(C(=O)c4ccc(F)cc4)CC3)c(Cl)ccc2s1. The monoisotopic (exact) mass is 459 g/mol. The van der Waals surface area contributed by atoms with Gasteiger partial charge in [0, 0.05) is 37.5 Å². The van der Waals surface area contributed by atoms with Crippen LogP contribution in [0.25, 0.3) is 10.2 Å². The van der Waals surface area contributed by atoms with Gasteiger partial charge in [0.25, 0.3) is 5.91 Å². The van der Waals surface area contributed by atoms with E-state index in [0.29, 0.717) is 36.8 Å². The second kappa shape index (κ2) is 9.20. The van der Waals surface area contributed by atoms with Crippen molar-refractivity contribution in [2.75, 3.05) is 36.5 Å². The maximum absolute atomic E-state index is 13.1. The zero-order chi connectivity index (χ0) is 22.0. The summed E-state index contributed by atoms with van der Waals surface area (Å²) in [6.45, 7) is 6.40. The van der Waals surface area contributed by atoms with E-state index < -0.39 is 0 Å². The van der Waals surface area contributed by atoms with Crippen molar-refractivity contribution < 1.29 is 9.18 Å². The number of carbonyl (C=O) groups is 1. The van der Waals surface area contributed by atoms with Gasteiger partial charge in [-0.3, -0.25) is 10.2 Å². The number of hydrogen-bond acceptors (Lipinski definition) is 6. The van der Waals surface area contributed by atoms with Gasteiger partial charge in [-0.2, -0.15) is 5.10 Å². The first-order valence-electron chi connectivity index (χ1n) is 10.1. The minimum Gasteiger partial charge on any atom is -0.365 e. The summed E-state index contributed by atoms with van der Waals surface area (Å²) in [6, 6.07) is 9.52. The Morgan fingerprint density at radius 3 is 2.58 bits per heavy atom. The highest BCUT2D eigenvalue weighted by molar-refractivity contribution is 7.22. The van der Waals surface area contributed by atoms with Crippen LogP contribution in [0, 0.1) is 5.82 Å². The molecule has 1 aliphatic heterocycles. The lowest BCUT2D eigenvalue weighted by Gasteiger charge is -2.36. The summed E-state index contributed by atoms with van der Waals surface area (Å²) in [4.78, 5) is 21.4. The molecule has 3 aromatic rings. The van der Waals surface area contributed by atoms with Gasteiger partial charge in [-0.25, -0.2) is 9.37 Å². The molecule has 0 spiro atoms. The van der Waals surface area contributed by atoms with E-state index in [1.807, 2.05) is 19.1 Å². The molecule has 2 aromatic carbocycles. The number of nitrogens with one attached hydrogen (secondary N) is 1. The number of nitrogens with zero attached hydrogens (tertiary/aromatic N) is 4. The summed E-state index contributed by atoms with van der Waals surface area (Å²) < 4.78 is 14.2. The first-order chi connectivity index (χ1) is 15.0. The third-order valence-corrected chi connectivity index (χ3v) is 6.54. The van der Waals surface area contributed by atoms with Gasteiger partial charge >= 0.3 is 0 Å². The van der Waals surface area contributed by atoms with Crippen molar-refractivity contribution >= 4 is 55.6 Å². The number of fused-ring (bicyclic) bond motifs is 1. The molecule has 1 aromatic heterocycles. The number of halogens is 2. The third kappa shape index (κ3) is 4.65. The number of aromatic nitrogens is 1. The van der Waals surface area contributed by atoms with Crippen molar-refractivity contribution in [3.8, 4) is 0 Å². The van der Waals surface area contributed by atoms with Crippen molar-refractivity contribution in [1.82, 2.24) is 9.88 Å². The van der Waals surface area contributed by atoms with Gasteiger partial charge in [0.05, 0.1) is 15.4 Å². The average Bonchev–Trinajstić information content (AvgIpc) is 3.20. The molecule has 6 nitrogen and oxygen atoms in total. The number of amides is 1. The molecule has 0 saturated carbocycles. The zero-order valence-electron chi connectivity index (χ0n) is 17.4. The lowest BCUT2D eigenvalue weighted by atomic mass is 10.1. The zero-order valence-corrected chi connectivity index (χ0v) is 18.9. The summed E-state index contributed by atoms with van der Waals surface area (Å²) in [5, 5.41) is 5.69. The molecule has 0 bridgehead atoms. The number of hydrogen-bond donors (Lipinski definition) is 1. The Bertz CT molecular complexity index is 1120. The van der Waals surface area contributed by atoms with Crippen molar-refractivity contribution in [1.29, 1.82) is 0 Å². The normalized spacial score (nSPS) is 14.9. The van der Waals surface area contributed by atoms with E-state index in [4.69, 9.17) is 16.6 Å². The second-order valence-electron chi connectivity index (χ2n) is 7.36. The lowest BCUT2D eigenvalue weighted by Crippen LogP contribution is -2.49. The molecular weight excluding hydrogens is 437 g/mol. The molecule has 1 N–H and O–H groups in total. The fraction of sp³-hybridized carbons (Fsp3) is 0.318. The molecule has 9 heteroatoms. The van der Waals surface area contributed by atoms with Crippen LogP contribution in [0.3, 0.4) is 0 Å². The van der Waals surface area contributed by atoms with E-state index in [2.05, 4.69) is 22.4 Å². The summed E-state index contributed by atoms with van der Waals surface area (Å²) in [5.74, 6) is -0.440. The number of benzene rings is 2. The predicted molar refractivity (Wildman–Crippen MR) is 126 cm³/mol. The number of hydrazone groups is 1. The first-order valence-corrected chi connectivity index (χ1v) is 11.3. The summed E-state index contributed by atoms with van der Waals surface area (Å²) in [5.41, 5.74) is 6.24. The molecule has 0 aliphatic carbocycles. The molecule has 162 valence electrons. The van der Waals surface area contributed by atoms with Crippen molar-refractivity contribution in [2.24, 2.45) is 5.10 Å². The molecule has 31 heavy (non-hydrogen) atoms. The van der Waals surface area contributed by atoms with Gasteiger partial charge in [0.1, 0.15) is 11.3 Å². The molecule has 0 atom stereocenters. The topological polar surface area (TPSA) is 60.8 Å². The predicted octanol–water partition coefficient (Wildman–Crippen LogP) is 5.25. The highest BCUT2D eigenvalue weighted by Gasteiger charge is 2.25. The van der Waals surface area contributed by atoms with E-state index >= 15 is 0 Å². The molecular formula is C22H23ClFN5OS. The molecule has 1 aliphatic rings. The van der Waals surface area contributed by atoms with Crippen LogP contribution in [-0.4, -0.2) is 47.7 Å². The minimum atomic E-state index is -0.350. The molecule has 4 rings (SSSR count). The van der Waals surface area contributed by atoms with Crippen molar-refractivity contribution in [3.63, 3.8) is 0 Å². The van der Waals surface area contributed by atoms with Gasteiger partial charge < -0.3 is 9.80 Å². The lowest BCUT2D eigenvalue weighted by molar-refractivity contribution is 0.0747. The molecule has 1 saturated heterocycles. The average molecular weight is 460 g/mol. The Morgan fingerprint density at radius 2 is 1.90 bits per heavy atom. The second-order valence-corrected chi connectivity index (χ2v) is 8.80. The van der Waals surface area contributed by atoms with Gasteiger partial charge in [-0.05, 0) is 49.7 Å². The van der Waals surface area contributed by atoms with Crippen LogP contribution in [0.4, 0.5) is 15.2 Å². The number of piperazine rings is 1. The molecule has 2 heterocycles. The Hall–Kier alpha value is -2.71. The van der Waals surface area contributed by atoms with Gasteiger partial charge in [0.2, 0.25) is 5.13 Å². The fourth-order valence-corrected chi connectivity index (χ4v) is 4.52. The number of anilines is 2. The van der Waals surface area contributed by atoms with Crippen LogP contribution >= 0.6 is 22.9 Å². The number of thiazole rings is 1. The molecule has 1 fully saturated rings. The number of rotatable bonds is 5. The Balaban J connectivity index is 1.51. The fourth-order valence-electron chi connectivity index (χ4n) is 3.43. The largest absolute Gasteiger partial charge is 0.365 e. The Labute approximate surface area is 189 Å².